The van der Waals surface area contributed by atoms with Crippen molar-refractivity contribution in [2.45, 2.75) is 72.0 Å². The zero-order valence-electron chi connectivity index (χ0n) is 20.8. The van der Waals surface area contributed by atoms with Crippen molar-refractivity contribution in [3.8, 4) is 11.5 Å². The lowest BCUT2D eigenvalue weighted by Gasteiger charge is -2.29. The molecule has 0 aliphatic heterocycles. The van der Waals surface area contributed by atoms with Gasteiger partial charge in [-0.15, -0.1) is 0 Å². The predicted octanol–water partition coefficient (Wildman–Crippen LogP) is 5.43. The number of carbonyl (C=O) groups is 1. The highest BCUT2D eigenvalue weighted by Gasteiger charge is 2.24. The Morgan fingerprint density at radius 1 is 1.15 bits per heavy atom. The van der Waals surface area contributed by atoms with Crippen LogP contribution in [0.25, 0.3) is 11.5 Å². The van der Waals surface area contributed by atoms with Crippen molar-refractivity contribution in [2.24, 2.45) is 11.8 Å². The molecule has 0 radical (unpaired) electrons. The fourth-order valence-corrected chi connectivity index (χ4v) is 4.41. The van der Waals surface area contributed by atoms with Crippen LogP contribution in [0.4, 0.5) is 0 Å². The lowest BCUT2D eigenvalue weighted by molar-refractivity contribution is -0.155. The Morgan fingerprint density at radius 3 is 2.50 bits per heavy atom. The molecule has 0 amide bonds. The first-order valence-electron chi connectivity index (χ1n) is 12.6. The standard InChI is InChI=1S/C27H39NO6/c1-4-13-33-25(27(29)30)18-32-16-21-8-6-7-20(14-21)15-31-17-23-24(5-2)34-26(28-23)22-11-9-19(3)10-12-22/h9-12,20-21,25H,4-8,13-18H2,1-3H3,(H,29,30). The van der Waals surface area contributed by atoms with Gasteiger partial charge in [0.25, 0.3) is 0 Å². The monoisotopic (exact) mass is 473 g/mol. The number of nitrogens with zero attached hydrogens (tertiary/aromatic N) is 1. The van der Waals surface area contributed by atoms with Crippen LogP contribution in [0.2, 0.25) is 0 Å². The molecule has 3 atom stereocenters. The predicted molar refractivity (Wildman–Crippen MR) is 130 cm³/mol. The van der Waals surface area contributed by atoms with Crippen molar-refractivity contribution < 1.29 is 28.5 Å². The Morgan fingerprint density at radius 2 is 1.85 bits per heavy atom. The number of hydrogen-bond donors (Lipinski definition) is 1. The number of carboxylic acids is 1. The smallest absolute Gasteiger partial charge is 0.335 e. The van der Waals surface area contributed by atoms with Gasteiger partial charge in [-0.25, -0.2) is 9.78 Å². The molecule has 3 unspecified atom stereocenters. The third kappa shape index (κ3) is 7.93. The molecule has 1 fully saturated rings. The van der Waals surface area contributed by atoms with E-state index < -0.39 is 12.1 Å². The summed E-state index contributed by atoms with van der Waals surface area (Å²) in [6.45, 7) is 8.32. The summed E-state index contributed by atoms with van der Waals surface area (Å²) in [5, 5.41) is 9.25. The average Bonchev–Trinajstić information content (AvgIpc) is 3.25. The van der Waals surface area contributed by atoms with E-state index in [9.17, 15) is 9.90 Å². The van der Waals surface area contributed by atoms with Crippen molar-refractivity contribution in [1.29, 1.82) is 0 Å². The number of oxazole rings is 1. The minimum atomic E-state index is -0.965. The summed E-state index contributed by atoms with van der Waals surface area (Å²) < 4.78 is 23.2. The summed E-state index contributed by atoms with van der Waals surface area (Å²) in [7, 11) is 0. The topological polar surface area (TPSA) is 91.0 Å². The largest absolute Gasteiger partial charge is 0.479 e. The molecule has 188 valence electrons. The van der Waals surface area contributed by atoms with Gasteiger partial charge in [-0.05, 0) is 56.6 Å². The van der Waals surface area contributed by atoms with Crippen LogP contribution in [-0.4, -0.2) is 48.6 Å². The van der Waals surface area contributed by atoms with E-state index in [1.54, 1.807) is 0 Å². The van der Waals surface area contributed by atoms with Crippen molar-refractivity contribution in [1.82, 2.24) is 4.98 Å². The molecule has 3 rings (SSSR count). The molecule has 34 heavy (non-hydrogen) atoms. The van der Waals surface area contributed by atoms with Gasteiger partial charge in [0.05, 0.1) is 13.2 Å². The minimum Gasteiger partial charge on any atom is -0.479 e. The molecule has 1 aromatic heterocycles. The summed E-state index contributed by atoms with van der Waals surface area (Å²) in [5.74, 6) is 1.46. The zero-order valence-corrected chi connectivity index (χ0v) is 20.8. The first kappa shape index (κ1) is 26.4. The first-order chi connectivity index (χ1) is 16.5. The van der Waals surface area contributed by atoms with Gasteiger partial charge >= 0.3 is 5.97 Å². The molecule has 1 aliphatic carbocycles. The van der Waals surface area contributed by atoms with Crippen LogP contribution < -0.4 is 0 Å². The number of ether oxygens (including phenoxy) is 3. The van der Waals surface area contributed by atoms with Crippen LogP contribution >= 0.6 is 0 Å². The second kappa shape index (κ2) is 13.6. The quantitative estimate of drug-likeness (QED) is 0.391. The van der Waals surface area contributed by atoms with Gasteiger partial charge in [-0.2, -0.15) is 0 Å². The third-order valence-electron chi connectivity index (χ3n) is 6.30. The molecule has 1 saturated carbocycles. The van der Waals surface area contributed by atoms with E-state index in [-0.39, 0.29) is 6.61 Å². The Hall–Kier alpha value is -2.22. The minimum absolute atomic E-state index is 0.0995. The molecule has 7 heteroatoms. The van der Waals surface area contributed by atoms with Gasteiger partial charge in [-0.1, -0.05) is 38.0 Å². The van der Waals surface area contributed by atoms with Gasteiger partial charge in [0.15, 0.2) is 6.10 Å². The van der Waals surface area contributed by atoms with Crippen molar-refractivity contribution >= 4 is 5.97 Å². The molecule has 2 aromatic rings. The van der Waals surface area contributed by atoms with Gasteiger partial charge in [0.2, 0.25) is 5.89 Å². The Labute approximate surface area is 202 Å². The maximum atomic E-state index is 11.3. The van der Waals surface area contributed by atoms with Gasteiger partial charge in [0.1, 0.15) is 11.5 Å². The van der Waals surface area contributed by atoms with E-state index >= 15 is 0 Å². The average molecular weight is 474 g/mol. The molecule has 1 heterocycles. The number of rotatable bonds is 14. The Kier molecular flexibility index (Phi) is 10.6. The Bertz CT molecular complexity index is 878. The van der Waals surface area contributed by atoms with Crippen LogP contribution in [0.15, 0.2) is 28.7 Å². The molecular weight excluding hydrogens is 434 g/mol. The van der Waals surface area contributed by atoms with Gasteiger partial charge in [-0.3, -0.25) is 0 Å². The normalized spacial score (nSPS) is 19.3. The summed E-state index contributed by atoms with van der Waals surface area (Å²) in [5.41, 5.74) is 3.06. The van der Waals surface area contributed by atoms with E-state index in [2.05, 4.69) is 26.0 Å². The summed E-state index contributed by atoms with van der Waals surface area (Å²) >= 11 is 0. The maximum absolute atomic E-state index is 11.3. The summed E-state index contributed by atoms with van der Waals surface area (Å²) in [6, 6.07) is 8.18. The Balaban J connectivity index is 1.43. The van der Waals surface area contributed by atoms with Crippen molar-refractivity contribution in [2.75, 3.05) is 26.4 Å². The highest BCUT2D eigenvalue weighted by molar-refractivity contribution is 5.72. The number of aryl methyl sites for hydroxylation is 2. The fourth-order valence-electron chi connectivity index (χ4n) is 4.41. The van der Waals surface area contributed by atoms with E-state index in [1.807, 2.05) is 19.1 Å². The fraction of sp³-hybridized carbons (Fsp3) is 0.630. The molecule has 0 spiro atoms. The highest BCUT2D eigenvalue weighted by Crippen LogP contribution is 2.30. The van der Waals surface area contributed by atoms with Crippen LogP contribution in [-0.2, 0) is 32.0 Å². The molecule has 1 aromatic carbocycles. The number of carboxylic acid groups (broad SMARTS) is 1. The van der Waals surface area contributed by atoms with E-state index in [0.717, 1.165) is 55.5 Å². The second-order valence-electron chi connectivity index (χ2n) is 9.26. The third-order valence-corrected chi connectivity index (χ3v) is 6.30. The van der Waals surface area contributed by atoms with E-state index in [1.165, 1.54) is 5.56 Å². The molecule has 0 saturated heterocycles. The molecule has 1 aliphatic rings. The number of aliphatic carboxylic acids is 1. The van der Waals surface area contributed by atoms with Crippen LogP contribution in [0.1, 0.15) is 63.0 Å². The van der Waals surface area contributed by atoms with E-state index in [0.29, 0.717) is 44.2 Å². The molecular formula is C27H39NO6. The number of hydrogen-bond acceptors (Lipinski definition) is 6. The van der Waals surface area contributed by atoms with Crippen LogP contribution in [0, 0.1) is 18.8 Å². The van der Waals surface area contributed by atoms with Crippen LogP contribution in [0.3, 0.4) is 0 Å². The van der Waals surface area contributed by atoms with Gasteiger partial charge < -0.3 is 23.7 Å². The molecule has 1 N–H and O–H groups in total. The van der Waals surface area contributed by atoms with Crippen molar-refractivity contribution in [3.05, 3.63) is 41.3 Å². The van der Waals surface area contributed by atoms with Gasteiger partial charge in [0, 0.05) is 31.8 Å². The van der Waals surface area contributed by atoms with Crippen LogP contribution in [0.5, 0.6) is 0 Å². The van der Waals surface area contributed by atoms with E-state index in [4.69, 9.17) is 23.6 Å². The first-order valence-corrected chi connectivity index (χ1v) is 12.6. The summed E-state index contributed by atoms with van der Waals surface area (Å²) in [4.78, 5) is 16.0. The lowest BCUT2D eigenvalue weighted by Crippen LogP contribution is -2.31. The molecule has 7 nitrogen and oxygen atoms in total. The molecule has 0 bridgehead atoms. The maximum Gasteiger partial charge on any atom is 0.335 e. The zero-order chi connectivity index (χ0) is 24.3. The van der Waals surface area contributed by atoms with Crippen molar-refractivity contribution in [3.63, 3.8) is 0 Å². The second-order valence-corrected chi connectivity index (χ2v) is 9.26. The lowest BCUT2D eigenvalue weighted by atomic mass is 9.82. The highest BCUT2D eigenvalue weighted by atomic mass is 16.5. The SMILES string of the molecule is CCCOC(COCC1CCCC(COCc2nc(-c3ccc(C)cc3)oc2CC)C1)C(=O)O. The number of benzene rings is 1. The summed E-state index contributed by atoms with van der Waals surface area (Å²) in [6.07, 6.45) is 5.09. The number of aromatic nitrogens is 1.